The summed E-state index contributed by atoms with van der Waals surface area (Å²) >= 11 is 0. The first-order valence-electron chi connectivity index (χ1n) is 7.61. The van der Waals surface area contributed by atoms with E-state index in [2.05, 4.69) is 10.2 Å². The van der Waals surface area contributed by atoms with E-state index in [1.54, 1.807) is 6.07 Å². The highest BCUT2D eigenvalue weighted by Crippen LogP contribution is 2.31. The molecule has 1 N–H and O–H groups in total. The molecule has 0 aliphatic carbocycles. The van der Waals surface area contributed by atoms with Gasteiger partial charge in [-0.2, -0.15) is 13.2 Å². The van der Waals surface area contributed by atoms with Crippen molar-refractivity contribution in [1.29, 1.82) is 0 Å². The van der Waals surface area contributed by atoms with Crippen LogP contribution in [-0.4, -0.2) is 30.4 Å². The Morgan fingerprint density at radius 2 is 1.73 bits per heavy atom. The largest absolute Gasteiger partial charge is 0.416 e. The molecule has 1 heterocycles. The van der Waals surface area contributed by atoms with Crippen LogP contribution in [0.3, 0.4) is 0 Å². The Hall–Kier alpha value is -1.56. The first-order valence-corrected chi connectivity index (χ1v) is 7.61. The van der Waals surface area contributed by atoms with Crippen LogP contribution in [0.4, 0.5) is 13.2 Å². The number of carbonyl (C=O) groups is 1. The SMILES string of the molecule is O=C(CN1CCCCCC1)NCc1ccccc1C(F)(F)F. The van der Waals surface area contributed by atoms with Crippen LogP contribution in [0.2, 0.25) is 0 Å². The van der Waals surface area contributed by atoms with Gasteiger partial charge in [-0.1, -0.05) is 31.0 Å². The molecule has 6 heteroatoms. The number of nitrogens with one attached hydrogen (secondary N) is 1. The lowest BCUT2D eigenvalue weighted by molar-refractivity contribution is -0.138. The molecule has 0 atom stereocenters. The summed E-state index contributed by atoms with van der Waals surface area (Å²) in [7, 11) is 0. The summed E-state index contributed by atoms with van der Waals surface area (Å²) in [5.41, 5.74) is -0.593. The van der Waals surface area contributed by atoms with Gasteiger partial charge >= 0.3 is 6.18 Å². The van der Waals surface area contributed by atoms with E-state index in [0.29, 0.717) is 0 Å². The molecule has 0 saturated carbocycles. The quantitative estimate of drug-likeness (QED) is 0.925. The second kappa shape index (κ2) is 7.63. The minimum Gasteiger partial charge on any atom is -0.351 e. The van der Waals surface area contributed by atoms with Crippen LogP contribution in [-0.2, 0) is 17.5 Å². The summed E-state index contributed by atoms with van der Waals surface area (Å²) in [6, 6.07) is 5.34. The third-order valence-electron chi connectivity index (χ3n) is 3.86. The minimum absolute atomic E-state index is 0.0949. The summed E-state index contributed by atoms with van der Waals surface area (Å²) in [6.45, 7) is 1.93. The first kappa shape index (κ1) is 16.8. The molecule has 0 spiro atoms. The molecule has 1 aromatic rings. The molecular weight excluding hydrogens is 293 g/mol. The predicted octanol–water partition coefficient (Wildman–Crippen LogP) is 3.20. The molecule has 22 heavy (non-hydrogen) atoms. The molecule has 1 aliphatic rings. The van der Waals surface area contributed by atoms with Crippen LogP contribution < -0.4 is 5.32 Å². The van der Waals surface area contributed by atoms with Crippen LogP contribution in [0, 0.1) is 0 Å². The lowest BCUT2D eigenvalue weighted by atomic mass is 10.1. The van der Waals surface area contributed by atoms with Gasteiger partial charge in [0.05, 0.1) is 12.1 Å². The van der Waals surface area contributed by atoms with Crippen LogP contribution in [0.1, 0.15) is 36.8 Å². The van der Waals surface area contributed by atoms with Crippen molar-refractivity contribution in [2.24, 2.45) is 0 Å². The Kier molecular flexibility index (Phi) is 5.83. The van der Waals surface area contributed by atoms with Crippen molar-refractivity contribution < 1.29 is 18.0 Å². The number of halogens is 3. The van der Waals surface area contributed by atoms with Gasteiger partial charge in [-0.05, 0) is 37.6 Å². The van der Waals surface area contributed by atoms with Crippen molar-refractivity contribution in [3.05, 3.63) is 35.4 Å². The summed E-state index contributed by atoms with van der Waals surface area (Å²) in [5, 5.41) is 2.60. The maximum atomic E-state index is 12.9. The Morgan fingerprint density at radius 3 is 2.36 bits per heavy atom. The van der Waals surface area contributed by atoms with E-state index < -0.39 is 11.7 Å². The Balaban J connectivity index is 1.88. The van der Waals surface area contributed by atoms with E-state index in [1.807, 2.05) is 0 Å². The van der Waals surface area contributed by atoms with Crippen molar-refractivity contribution in [3.63, 3.8) is 0 Å². The van der Waals surface area contributed by atoms with Gasteiger partial charge in [0, 0.05) is 6.54 Å². The normalized spacial score (nSPS) is 17.0. The maximum absolute atomic E-state index is 12.9. The zero-order valence-electron chi connectivity index (χ0n) is 12.5. The number of benzene rings is 1. The molecular formula is C16H21F3N2O. The monoisotopic (exact) mass is 314 g/mol. The number of nitrogens with zero attached hydrogens (tertiary/aromatic N) is 1. The fourth-order valence-corrected chi connectivity index (χ4v) is 2.70. The molecule has 0 radical (unpaired) electrons. The Bertz CT molecular complexity index is 494. The van der Waals surface area contributed by atoms with Gasteiger partial charge < -0.3 is 5.32 Å². The highest BCUT2D eigenvalue weighted by atomic mass is 19.4. The summed E-state index contributed by atoms with van der Waals surface area (Å²) in [5.74, 6) is -0.223. The van der Waals surface area contributed by atoms with Gasteiger partial charge in [0.25, 0.3) is 0 Å². The standard InChI is InChI=1S/C16H21F3N2O/c17-16(18,19)14-8-4-3-7-13(14)11-20-15(22)12-21-9-5-1-2-6-10-21/h3-4,7-8H,1-2,5-6,9-12H2,(H,20,22). The van der Waals surface area contributed by atoms with Crippen LogP contribution >= 0.6 is 0 Å². The molecule has 0 unspecified atom stereocenters. The van der Waals surface area contributed by atoms with E-state index in [1.165, 1.54) is 25.0 Å². The number of carbonyl (C=O) groups excluding carboxylic acids is 1. The zero-order valence-corrected chi connectivity index (χ0v) is 12.5. The summed E-state index contributed by atoms with van der Waals surface area (Å²) in [4.78, 5) is 14.0. The van der Waals surface area contributed by atoms with Crippen molar-refractivity contribution in [3.8, 4) is 0 Å². The molecule has 122 valence electrons. The molecule has 1 fully saturated rings. The molecule has 1 saturated heterocycles. The average molecular weight is 314 g/mol. The van der Waals surface area contributed by atoms with Crippen molar-refractivity contribution in [2.45, 2.75) is 38.4 Å². The lowest BCUT2D eigenvalue weighted by Gasteiger charge is -2.19. The van der Waals surface area contributed by atoms with Crippen molar-refractivity contribution >= 4 is 5.91 Å². The molecule has 1 aliphatic heterocycles. The fraction of sp³-hybridized carbons (Fsp3) is 0.562. The Morgan fingerprint density at radius 1 is 1.09 bits per heavy atom. The van der Waals surface area contributed by atoms with Crippen molar-refractivity contribution in [2.75, 3.05) is 19.6 Å². The van der Waals surface area contributed by atoms with Crippen LogP contribution in [0.5, 0.6) is 0 Å². The van der Waals surface area contributed by atoms with Gasteiger partial charge in [-0.3, -0.25) is 9.69 Å². The Labute approximate surface area is 128 Å². The molecule has 0 bridgehead atoms. The first-order chi connectivity index (χ1) is 10.5. The maximum Gasteiger partial charge on any atom is 0.416 e. The van der Waals surface area contributed by atoms with E-state index in [-0.39, 0.29) is 24.6 Å². The second-order valence-electron chi connectivity index (χ2n) is 5.62. The highest BCUT2D eigenvalue weighted by Gasteiger charge is 2.32. The summed E-state index contributed by atoms with van der Waals surface area (Å²) in [6.07, 6.45) is 0.106. The third-order valence-corrected chi connectivity index (χ3v) is 3.86. The van der Waals surface area contributed by atoms with E-state index >= 15 is 0 Å². The molecule has 1 aromatic carbocycles. The number of hydrogen-bond acceptors (Lipinski definition) is 2. The lowest BCUT2D eigenvalue weighted by Crippen LogP contribution is -2.37. The smallest absolute Gasteiger partial charge is 0.351 e. The van der Waals surface area contributed by atoms with Gasteiger partial charge in [-0.15, -0.1) is 0 Å². The zero-order chi connectivity index (χ0) is 16.0. The van der Waals surface area contributed by atoms with Gasteiger partial charge in [0.1, 0.15) is 0 Å². The topological polar surface area (TPSA) is 32.3 Å². The van der Waals surface area contributed by atoms with Gasteiger partial charge in [0.2, 0.25) is 5.91 Å². The van der Waals surface area contributed by atoms with Crippen LogP contribution in [0.25, 0.3) is 0 Å². The van der Waals surface area contributed by atoms with E-state index in [0.717, 1.165) is 32.0 Å². The van der Waals surface area contributed by atoms with Crippen LogP contribution in [0.15, 0.2) is 24.3 Å². The number of likely N-dealkylation sites (tertiary alicyclic amines) is 1. The van der Waals surface area contributed by atoms with Gasteiger partial charge in [0.15, 0.2) is 0 Å². The van der Waals surface area contributed by atoms with E-state index in [9.17, 15) is 18.0 Å². The number of amides is 1. The fourth-order valence-electron chi connectivity index (χ4n) is 2.70. The number of hydrogen-bond donors (Lipinski definition) is 1. The highest BCUT2D eigenvalue weighted by molar-refractivity contribution is 5.78. The molecule has 3 nitrogen and oxygen atoms in total. The van der Waals surface area contributed by atoms with Gasteiger partial charge in [-0.25, -0.2) is 0 Å². The van der Waals surface area contributed by atoms with Crippen molar-refractivity contribution in [1.82, 2.24) is 10.2 Å². The molecule has 1 amide bonds. The molecule has 2 rings (SSSR count). The van der Waals surface area contributed by atoms with E-state index in [4.69, 9.17) is 0 Å². The average Bonchev–Trinajstić information content (AvgIpc) is 2.73. The predicted molar refractivity (Wildman–Crippen MR) is 78.2 cm³/mol. The second-order valence-corrected chi connectivity index (χ2v) is 5.62. The number of rotatable bonds is 4. The minimum atomic E-state index is -4.40. The third kappa shape index (κ3) is 5.02. The summed E-state index contributed by atoms with van der Waals surface area (Å²) < 4.78 is 38.6. The molecule has 0 aromatic heterocycles. The number of alkyl halides is 3.